The minimum absolute atomic E-state index is 0.216. The average molecular weight is 279 g/mol. The molecule has 5 heteroatoms. The lowest BCUT2D eigenvalue weighted by Crippen LogP contribution is -2.68. The van der Waals surface area contributed by atoms with Crippen LogP contribution in [0.3, 0.4) is 0 Å². The standard InChI is InChI=1S/C15H29N5/c1-3-18(4-2)9-10-20-14(16)17-11-15(20)12-19-7-5-13(15)6-8-19/h13H,3-12H2,1-2H3,(H2,16,17). The Balaban J connectivity index is 1.71. The van der Waals surface area contributed by atoms with Gasteiger partial charge in [-0.25, -0.2) is 0 Å². The van der Waals surface area contributed by atoms with Gasteiger partial charge in [0.1, 0.15) is 0 Å². The summed E-state index contributed by atoms with van der Waals surface area (Å²) in [5.74, 6) is 1.57. The van der Waals surface area contributed by atoms with Crippen LogP contribution in [-0.2, 0) is 0 Å². The number of nitrogens with two attached hydrogens (primary N) is 1. The van der Waals surface area contributed by atoms with Crippen molar-refractivity contribution in [3.05, 3.63) is 0 Å². The number of hydrogen-bond acceptors (Lipinski definition) is 5. The molecule has 1 atom stereocenters. The zero-order chi connectivity index (χ0) is 14.2. The molecule has 0 saturated carbocycles. The van der Waals surface area contributed by atoms with E-state index in [9.17, 15) is 0 Å². The highest BCUT2D eigenvalue weighted by molar-refractivity contribution is 5.81. The van der Waals surface area contributed by atoms with Gasteiger partial charge in [0, 0.05) is 19.6 Å². The molecule has 2 N–H and O–H groups in total. The number of piperidine rings is 3. The van der Waals surface area contributed by atoms with Gasteiger partial charge in [0.2, 0.25) is 0 Å². The molecule has 114 valence electrons. The summed E-state index contributed by atoms with van der Waals surface area (Å²) < 4.78 is 0. The lowest BCUT2D eigenvalue weighted by Gasteiger charge is -2.55. The van der Waals surface area contributed by atoms with Crippen molar-refractivity contribution < 1.29 is 0 Å². The smallest absolute Gasteiger partial charge is 0.191 e. The van der Waals surface area contributed by atoms with Crippen LogP contribution in [0.1, 0.15) is 26.7 Å². The first kappa shape index (κ1) is 14.1. The Labute approximate surface area is 122 Å². The van der Waals surface area contributed by atoms with Crippen molar-refractivity contribution >= 4 is 5.96 Å². The van der Waals surface area contributed by atoms with E-state index in [4.69, 9.17) is 5.73 Å². The zero-order valence-electron chi connectivity index (χ0n) is 13.0. The molecule has 0 aromatic rings. The topological polar surface area (TPSA) is 48.1 Å². The Hall–Kier alpha value is -0.810. The number of guanidine groups is 1. The third-order valence-corrected chi connectivity index (χ3v) is 5.71. The summed E-state index contributed by atoms with van der Waals surface area (Å²) in [5, 5.41) is 0. The van der Waals surface area contributed by atoms with Gasteiger partial charge in [-0.15, -0.1) is 0 Å². The van der Waals surface area contributed by atoms with Crippen molar-refractivity contribution in [2.24, 2.45) is 16.6 Å². The van der Waals surface area contributed by atoms with E-state index in [0.29, 0.717) is 0 Å². The molecular weight excluding hydrogens is 250 g/mol. The van der Waals surface area contributed by atoms with Crippen LogP contribution in [0.15, 0.2) is 4.99 Å². The quantitative estimate of drug-likeness (QED) is 0.792. The molecule has 3 fully saturated rings. The highest BCUT2D eigenvalue weighted by Crippen LogP contribution is 2.41. The molecule has 4 heterocycles. The van der Waals surface area contributed by atoms with Crippen molar-refractivity contribution in [1.82, 2.24) is 14.7 Å². The summed E-state index contributed by atoms with van der Waals surface area (Å²) in [4.78, 5) is 12.1. The third-order valence-electron chi connectivity index (χ3n) is 5.71. The van der Waals surface area contributed by atoms with Crippen LogP contribution in [0.25, 0.3) is 0 Å². The summed E-state index contributed by atoms with van der Waals surface area (Å²) in [6.07, 6.45) is 2.65. The van der Waals surface area contributed by atoms with E-state index < -0.39 is 0 Å². The van der Waals surface area contributed by atoms with E-state index in [-0.39, 0.29) is 5.54 Å². The predicted octanol–water partition coefficient (Wildman–Crippen LogP) is 0.423. The molecule has 0 aromatic heterocycles. The fourth-order valence-corrected chi connectivity index (χ4v) is 4.36. The first-order valence-corrected chi connectivity index (χ1v) is 8.22. The first-order valence-electron chi connectivity index (χ1n) is 8.22. The van der Waals surface area contributed by atoms with Gasteiger partial charge >= 0.3 is 0 Å². The van der Waals surface area contributed by atoms with E-state index in [2.05, 4.69) is 33.5 Å². The zero-order valence-corrected chi connectivity index (χ0v) is 13.0. The van der Waals surface area contributed by atoms with Crippen LogP contribution in [0, 0.1) is 5.92 Å². The number of hydrogen-bond donors (Lipinski definition) is 1. The van der Waals surface area contributed by atoms with Crippen molar-refractivity contribution in [1.29, 1.82) is 0 Å². The molecular formula is C15H29N5. The van der Waals surface area contributed by atoms with Crippen LogP contribution in [-0.4, -0.2) is 78.6 Å². The molecule has 1 spiro atoms. The average Bonchev–Trinajstić information content (AvgIpc) is 2.78. The summed E-state index contributed by atoms with van der Waals surface area (Å²) in [7, 11) is 0. The normalized spacial score (nSPS) is 36.1. The summed E-state index contributed by atoms with van der Waals surface area (Å²) >= 11 is 0. The fraction of sp³-hybridized carbons (Fsp3) is 0.933. The maximum absolute atomic E-state index is 6.22. The van der Waals surface area contributed by atoms with Gasteiger partial charge in [-0.1, -0.05) is 13.8 Å². The van der Waals surface area contributed by atoms with Gasteiger partial charge < -0.3 is 20.4 Å². The van der Waals surface area contributed by atoms with Gasteiger partial charge in [0.25, 0.3) is 0 Å². The van der Waals surface area contributed by atoms with E-state index in [1.165, 1.54) is 32.5 Å². The van der Waals surface area contributed by atoms with Gasteiger partial charge in [-0.2, -0.15) is 0 Å². The molecule has 0 amide bonds. The van der Waals surface area contributed by atoms with Crippen LogP contribution in [0.4, 0.5) is 0 Å². The SMILES string of the molecule is CCN(CC)CCN1C(N)=NCC12CN1CCC2CC1. The number of fused-ring (bicyclic) bond motifs is 2. The van der Waals surface area contributed by atoms with Gasteiger partial charge in [0.15, 0.2) is 5.96 Å². The van der Waals surface area contributed by atoms with Gasteiger partial charge in [0.05, 0.1) is 12.1 Å². The lowest BCUT2D eigenvalue weighted by molar-refractivity contribution is -0.0306. The number of rotatable bonds is 5. The van der Waals surface area contributed by atoms with E-state index in [0.717, 1.165) is 44.6 Å². The van der Waals surface area contributed by atoms with Gasteiger partial charge in [-0.05, 0) is 44.9 Å². The molecule has 0 aromatic carbocycles. The lowest BCUT2D eigenvalue weighted by atomic mass is 9.72. The number of aliphatic imine (C=N–C) groups is 1. The maximum atomic E-state index is 6.22. The number of likely N-dealkylation sites (N-methyl/N-ethyl adjacent to an activating group) is 1. The van der Waals surface area contributed by atoms with Crippen molar-refractivity contribution in [2.75, 3.05) is 52.4 Å². The second kappa shape index (κ2) is 5.53. The Morgan fingerprint density at radius 1 is 1.30 bits per heavy atom. The monoisotopic (exact) mass is 279 g/mol. The van der Waals surface area contributed by atoms with E-state index in [1.54, 1.807) is 0 Å². The molecule has 1 unspecified atom stereocenters. The van der Waals surface area contributed by atoms with E-state index >= 15 is 0 Å². The van der Waals surface area contributed by atoms with Crippen LogP contribution < -0.4 is 5.73 Å². The summed E-state index contributed by atoms with van der Waals surface area (Å²) in [5.41, 5.74) is 6.44. The molecule has 3 saturated heterocycles. The van der Waals surface area contributed by atoms with Gasteiger partial charge in [-0.3, -0.25) is 4.99 Å². The second-order valence-corrected chi connectivity index (χ2v) is 6.51. The van der Waals surface area contributed by atoms with Crippen molar-refractivity contribution in [2.45, 2.75) is 32.2 Å². The maximum Gasteiger partial charge on any atom is 0.191 e. The Morgan fingerprint density at radius 2 is 2.00 bits per heavy atom. The molecule has 4 rings (SSSR count). The molecule has 0 radical (unpaired) electrons. The second-order valence-electron chi connectivity index (χ2n) is 6.51. The fourth-order valence-electron chi connectivity index (χ4n) is 4.36. The molecule has 4 aliphatic rings. The minimum atomic E-state index is 0.216. The van der Waals surface area contributed by atoms with Crippen LogP contribution in [0.5, 0.6) is 0 Å². The molecule has 4 aliphatic heterocycles. The van der Waals surface area contributed by atoms with Crippen LogP contribution in [0.2, 0.25) is 0 Å². The number of nitrogens with zero attached hydrogens (tertiary/aromatic N) is 4. The Bertz CT molecular complexity index is 370. The largest absolute Gasteiger partial charge is 0.370 e. The molecule has 2 bridgehead atoms. The van der Waals surface area contributed by atoms with Crippen molar-refractivity contribution in [3.8, 4) is 0 Å². The Morgan fingerprint density at radius 3 is 2.55 bits per heavy atom. The first-order chi connectivity index (χ1) is 9.69. The molecule has 0 aliphatic carbocycles. The van der Waals surface area contributed by atoms with E-state index in [1.807, 2.05) is 0 Å². The molecule has 20 heavy (non-hydrogen) atoms. The van der Waals surface area contributed by atoms with Crippen LogP contribution >= 0.6 is 0 Å². The highest BCUT2D eigenvalue weighted by atomic mass is 15.4. The van der Waals surface area contributed by atoms with Crippen molar-refractivity contribution in [3.63, 3.8) is 0 Å². The Kier molecular flexibility index (Phi) is 3.91. The predicted molar refractivity (Wildman–Crippen MR) is 82.9 cm³/mol. The third kappa shape index (κ3) is 2.21. The highest BCUT2D eigenvalue weighted by Gasteiger charge is 2.53. The molecule has 5 nitrogen and oxygen atoms in total. The summed E-state index contributed by atoms with van der Waals surface area (Å²) in [6, 6.07) is 0. The summed E-state index contributed by atoms with van der Waals surface area (Å²) in [6.45, 7) is 13.4. The minimum Gasteiger partial charge on any atom is -0.370 e.